The molecule has 4 nitrogen and oxygen atoms in total. The number of amides is 2. The van der Waals surface area contributed by atoms with E-state index in [9.17, 15) is 4.79 Å². The average molecular weight is 275 g/mol. The summed E-state index contributed by atoms with van der Waals surface area (Å²) >= 11 is 0. The second-order valence-electron chi connectivity index (χ2n) is 5.70. The molecule has 1 aromatic carbocycles. The Bertz CT molecular complexity index is 463. The molecule has 1 saturated carbocycles. The van der Waals surface area contributed by atoms with Crippen molar-refractivity contribution in [1.29, 1.82) is 0 Å². The second-order valence-corrected chi connectivity index (χ2v) is 5.70. The van der Waals surface area contributed by atoms with Crippen LogP contribution in [0.1, 0.15) is 51.1 Å². The Labute approximate surface area is 121 Å². The monoisotopic (exact) mass is 275 g/mol. The molecule has 0 aliphatic heterocycles. The van der Waals surface area contributed by atoms with Crippen molar-refractivity contribution in [2.75, 3.05) is 12.4 Å². The van der Waals surface area contributed by atoms with Crippen LogP contribution in [-0.4, -0.2) is 18.6 Å². The number of benzene rings is 1. The fourth-order valence-electron chi connectivity index (χ4n) is 2.63. The van der Waals surface area contributed by atoms with Crippen molar-refractivity contribution in [3.63, 3.8) is 0 Å². The zero-order chi connectivity index (χ0) is 14.6. The molecule has 20 heavy (non-hydrogen) atoms. The fourth-order valence-corrected chi connectivity index (χ4v) is 2.63. The van der Waals surface area contributed by atoms with Gasteiger partial charge in [0, 0.05) is 17.3 Å². The van der Waals surface area contributed by atoms with Crippen LogP contribution >= 0.6 is 0 Å². The molecule has 0 heterocycles. The standard InChI is InChI=1S/C16H25N3O/c1-4-16(9-6-10-16)19-15(20)18-14-8-5-7-13(11-14)12(2)17-3/h5,7-8,11-12,17H,4,6,9-10H2,1-3H3,(H2,18,19,20). The number of rotatable bonds is 5. The van der Waals surface area contributed by atoms with Crippen molar-refractivity contribution in [1.82, 2.24) is 10.6 Å². The maximum atomic E-state index is 12.1. The van der Waals surface area contributed by atoms with Crippen LogP contribution in [0.3, 0.4) is 0 Å². The van der Waals surface area contributed by atoms with Crippen molar-refractivity contribution < 1.29 is 4.79 Å². The molecule has 0 aromatic heterocycles. The van der Waals surface area contributed by atoms with Gasteiger partial charge in [-0.3, -0.25) is 0 Å². The van der Waals surface area contributed by atoms with Gasteiger partial charge in [-0.2, -0.15) is 0 Å². The molecule has 1 unspecified atom stereocenters. The lowest BCUT2D eigenvalue weighted by Crippen LogP contribution is -2.54. The SMILES string of the molecule is CCC1(NC(=O)Nc2cccc(C(C)NC)c2)CCC1. The number of carbonyl (C=O) groups is 1. The third-order valence-electron chi connectivity index (χ3n) is 4.44. The largest absolute Gasteiger partial charge is 0.332 e. The molecule has 0 saturated heterocycles. The molecule has 1 atom stereocenters. The van der Waals surface area contributed by atoms with Crippen LogP contribution in [0, 0.1) is 0 Å². The van der Waals surface area contributed by atoms with E-state index in [-0.39, 0.29) is 17.6 Å². The van der Waals surface area contributed by atoms with E-state index < -0.39 is 0 Å². The molecule has 3 N–H and O–H groups in total. The summed E-state index contributed by atoms with van der Waals surface area (Å²) in [5.74, 6) is 0. The zero-order valence-electron chi connectivity index (χ0n) is 12.6. The lowest BCUT2D eigenvalue weighted by molar-refractivity contribution is 0.179. The van der Waals surface area contributed by atoms with Crippen molar-refractivity contribution in [3.05, 3.63) is 29.8 Å². The maximum absolute atomic E-state index is 12.1. The minimum absolute atomic E-state index is 0.0277. The smallest absolute Gasteiger partial charge is 0.319 e. The molecule has 0 bridgehead atoms. The predicted octanol–water partition coefficient (Wildman–Crippen LogP) is 3.42. The average Bonchev–Trinajstić information content (AvgIpc) is 2.42. The molecule has 110 valence electrons. The minimum Gasteiger partial charge on any atom is -0.332 e. The van der Waals surface area contributed by atoms with Crippen LogP contribution in [0.4, 0.5) is 10.5 Å². The number of urea groups is 1. The van der Waals surface area contributed by atoms with Gasteiger partial charge in [0.15, 0.2) is 0 Å². The zero-order valence-corrected chi connectivity index (χ0v) is 12.6. The van der Waals surface area contributed by atoms with E-state index in [0.29, 0.717) is 0 Å². The minimum atomic E-state index is -0.0965. The highest BCUT2D eigenvalue weighted by molar-refractivity contribution is 5.89. The van der Waals surface area contributed by atoms with Gasteiger partial charge in [0.25, 0.3) is 0 Å². The highest BCUT2D eigenvalue weighted by atomic mass is 16.2. The predicted molar refractivity (Wildman–Crippen MR) is 82.9 cm³/mol. The van der Waals surface area contributed by atoms with E-state index >= 15 is 0 Å². The third kappa shape index (κ3) is 3.31. The van der Waals surface area contributed by atoms with Crippen LogP contribution in [0.5, 0.6) is 0 Å². The van der Waals surface area contributed by atoms with Crippen molar-refractivity contribution in [3.8, 4) is 0 Å². The topological polar surface area (TPSA) is 53.2 Å². The lowest BCUT2D eigenvalue weighted by atomic mass is 9.75. The van der Waals surface area contributed by atoms with Gasteiger partial charge >= 0.3 is 6.03 Å². The first-order chi connectivity index (χ1) is 9.58. The maximum Gasteiger partial charge on any atom is 0.319 e. The Morgan fingerprint density at radius 3 is 2.70 bits per heavy atom. The Morgan fingerprint density at radius 2 is 2.15 bits per heavy atom. The molecule has 1 fully saturated rings. The summed E-state index contributed by atoms with van der Waals surface area (Å²) in [6.07, 6.45) is 4.39. The van der Waals surface area contributed by atoms with Gasteiger partial charge in [-0.1, -0.05) is 19.1 Å². The first-order valence-electron chi connectivity index (χ1n) is 7.45. The van der Waals surface area contributed by atoms with Crippen LogP contribution in [0.15, 0.2) is 24.3 Å². The second kappa shape index (κ2) is 6.27. The quantitative estimate of drug-likeness (QED) is 0.771. The fraction of sp³-hybridized carbons (Fsp3) is 0.562. The molecule has 2 rings (SSSR count). The van der Waals surface area contributed by atoms with Crippen LogP contribution in [0.2, 0.25) is 0 Å². The van der Waals surface area contributed by atoms with Crippen molar-refractivity contribution >= 4 is 11.7 Å². The molecule has 0 radical (unpaired) electrons. The van der Waals surface area contributed by atoms with E-state index in [0.717, 1.165) is 24.9 Å². The molecule has 4 heteroatoms. The van der Waals surface area contributed by atoms with E-state index in [2.05, 4.69) is 35.9 Å². The lowest BCUT2D eigenvalue weighted by Gasteiger charge is -2.41. The highest BCUT2D eigenvalue weighted by Gasteiger charge is 2.36. The molecule has 0 spiro atoms. The van der Waals surface area contributed by atoms with Crippen molar-refractivity contribution in [2.45, 2.75) is 51.1 Å². The first kappa shape index (κ1) is 14.9. The van der Waals surface area contributed by atoms with E-state index in [4.69, 9.17) is 0 Å². The number of carbonyl (C=O) groups excluding carboxylic acids is 1. The van der Waals surface area contributed by atoms with Gasteiger partial charge < -0.3 is 16.0 Å². The highest BCUT2D eigenvalue weighted by Crippen LogP contribution is 2.34. The van der Waals surface area contributed by atoms with E-state index in [1.807, 2.05) is 25.2 Å². The van der Waals surface area contributed by atoms with Gasteiger partial charge in [-0.15, -0.1) is 0 Å². The summed E-state index contributed by atoms with van der Waals surface area (Å²) in [5, 5.41) is 9.27. The van der Waals surface area contributed by atoms with Gasteiger partial charge in [0.2, 0.25) is 0 Å². The van der Waals surface area contributed by atoms with Crippen LogP contribution < -0.4 is 16.0 Å². The molecule has 1 aromatic rings. The first-order valence-corrected chi connectivity index (χ1v) is 7.45. The van der Waals surface area contributed by atoms with Gasteiger partial charge in [0.05, 0.1) is 0 Å². The summed E-state index contributed by atoms with van der Waals surface area (Å²) in [4.78, 5) is 12.1. The number of nitrogens with one attached hydrogen (secondary N) is 3. The van der Waals surface area contributed by atoms with Gasteiger partial charge in [-0.25, -0.2) is 4.79 Å². The summed E-state index contributed by atoms with van der Waals surface area (Å²) < 4.78 is 0. The van der Waals surface area contributed by atoms with Crippen molar-refractivity contribution in [2.24, 2.45) is 0 Å². The Morgan fingerprint density at radius 1 is 1.40 bits per heavy atom. The normalized spacial score (nSPS) is 17.9. The molecule has 1 aliphatic carbocycles. The van der Waals surface area contributed by atoms with Crippen LogP contribution in [0.25, 0.3) is 0 Å². The summed E-state index contributed by atoms with van der Waals surface area (Å²) in [6.45, 7) is 4.23. The molecular weight excluding hydrogens is 250 g/mol. The molecule has 2 amide bonds. The van der Waals surface area contributed by atoms with Gasteiger partial charge in [-0.05, 0) is 57.4 Å². The van der Waals surface area contributed by atoms with E-state index in [1.165, 1.54) is 12.0 Å². The number of hydrogen-bond donors (Lipinski definition) is 3. The Hall–Kier alpha value is -1.55. The van der Waals surface area contributed by atoms with Gasteiger partial charge in [0.1, 0.15) is 0 Å². The number of anilines is 1. The molecular formula is C16H25N3O. The summed E-state index contributed by atoms with van der Waals surface area (Å²) in [7, 11) is 1.93. The third-order valence-corrected chi connectivity index (χ3v) is 4.44. The summed E-state index contributed by atoms with van der Waals surface area (Å²) in [6, 6.07) is 8.14. The number of hydrogen-bond acceptors (Lipinski definition) is 2. The Balaban J connectivity index is 1.97. The van der Waals surface area contributed by atoms with E-state index in [1.54, 1.807) is 0 Å². The Kier molecular flexibility index (Phi) is 4.65. The molecule has 1 aliphatic rings. The van der Waals surface area contributed by atoms with Crippen LogP contribution in [-0.2, 0) is 0 Å². The summed E-state index contributed by atoms with van der Waals surface area (Å²) in [5.41, 5.74) is 2.03.